The van der Waals surface area contributed by atoms with Gasteiger partial charge in [0.1, 0.15) is 6.04 Å². The van der Waals surface area contributed by atoms with Crippen LogP contribution in [-0.2, 0) is 21.4 Å². The van der Waals surface area contributed by atoms with Crippen LogP contribution >= 0.6 is 0 Å². The van der Waals surface area contributed by atoms with Crippen LogP contribution in [0.15, 0.2) is 42.6 Å². The quantitative estimate of drug-likeness (QED) is 0.843. The molecule has 9 heteroatoms. The average molecular weight is 369 g/mol. The molecule has 0 aliphatic heterocycles. The van der Waals surface area contributed by atoms with Crippen molar-refractivity contribution in [2.24, 2.45) is 0 Å². The highest BCUT2D eigenvalue weighted by molar-refractivity contribution is 7.92. The van der Waals surface area contributed by atoms with Crippen molar-refractivity contribution in [1.82, 2.24) is 10.3 Å². The summed E-state index contributed by atoms with van der Waals surface area (Å²) in [6, 6.07) is 6.66. The van der Waals surface area contributed by atoms with E-state index in [1.54, 1.807) is 24.4 Å². The second-order valence-corrected chi connectivity index (χ2v) is 7.23. The van der Waals surface area contributed by atoms with Gasteiger partial charge in [-0.15, -0.1) is 0 Å². The van der Waals surface area contributed by atoms with Crippen LogP contribution in [0.1, 0.15) is 12.6 Å². The number of benzene rings is 1. The molecule has 1 N–H and O–H groups in total. The fourth-order valence-electron chi connectivity index (χ4n) is 2.26. The molecule has 1 aromatic heterocycles. The van der Waals surface area contributed by atoms with Crippen molar-refractivity contribution in [2.75, 3.05) is 10.6 Å². The van der Waals surface area contributed by atoms with E-state index in [1.807, 2.05) is 0 Å². The Hall–Kier alpha value is -2.55. The lowest BCUT2D eigenvalue weighted by molar-refractivity contribution is -0.122. The van der Waals surface area contributed by atoms with Gasteiger partial charge in [-0.2, -0.15) is 0 Å². The highest BCUT2D eigenvalue weighted by atomic mass is 32.2. The molecular formula is C16H17F2N3O3S. The molecule has 0 aliphatic rings. The minimum Gasteiger partial charge on any atom is -0.349 e. The van der Waals surface area contributed by atoms with Gasteiger partial charge in [0.15, 0.2) is 11.6 Å². The second-order valence-electron chi connectivity index (χ2n) is 5.37. The summed E-state index contributed by atoms with van der Waals surface area (Å²) < 4.78 is 51.4. The Morgan fingerprint density at radius 1 is 1.24 bits per heavy atom. The monoisotopic (exact) mass is 369 g/mol. The highest BCUT2D eigenvalue weighted by Gasteiger charge is 2.29. The normalized spacial score (nSPS) is 12.5. The SMILES string of the molecule is C[C@@H](C(=O)NCc1ccccn1)N(c1ccc(F)c(F)c1)S(C)(=O)=O. The van der Waals surface area contributed by atoms with Crippen molar-refractivity contribution in [3.05, 3.63) is 59.9 Å². The van der Waals surface area contributed by atoms with E-state index in [2.05, 4.69) is 10.3 Å². The fraction of sp³-hybridized carbons (Fsp3) is 0.250. The van der Waals surface area contributed by atoms with E-state index >= 15 is 0 Å². The summed E-state index contributed by atoms with van der Waals surface area (Å²) >= 11 is 0. The van der Waals surface area contributed by atoms with Gasteiger partial charge in [0.25, 0.3) is 0 Å². The first-order valence-electron chi connectivity index (χ1n) is 7.32. The maximum absolute atomic E-state index is 13.5. The van der Waals surface area contributed by atoms with E-state index in [9.17, 15) is 22.0 Å². The van der Waals surface area contributed by atoms with Crippen molar-refractivity contribution in [2.45, 2.75) is 19.5 Å². The molecule has 0 bridgehead atoms. The molecule has 0 fully saturated rings. The third kappa shape index (κ3) is 4.72. The summed E-state index contributed by atoms with van der Waals surface area (Å²) in [5.41, 5.74) is 0.462. The maximum Gasteiger partial charge on any atom is 0.243 e. The number of rotatable bonds is 6. The van der Waals surface area contributed by atoms with Crippen molar-refractivity contribution < 1.29 is 22.0 Å². The molecule has 0 saturated carbocycles. The standard InChI is InChI=1S/C16H17F2N3O3S/c1-11(16(22)20-10-12-5-3-4-8-19-12)21(25(2,23)24)13-6-7-14(17)15(18)9-13/h3-9,11H,10H2,1-2H3,(H,20,22)/t11-/m0/s1. The average Bonchev–Trinajstić information content (AvgIpc) is 2.55. The van der Waals surface area contributed by atoms with E-state index in [4.69, 9.17) is 0 Å². The van der Waals surface area contributed by atoms with Crippen LogP contribution in [-0.4, -0.2) is 31.6 Å². The molecule has 0 saturated heterocycles. The first-order valence-corrected chi connectivity index (χ1v) is 9.17. The number of pyridine rings is 1. The van der Waals surface area contributed by atoms with Crippen molar-refractivity contribution in [3.8, 4) is 0 Å². The minimum atomic E-state index is -3.91. The molecule has 25 heavy (non-hydrogen) atoms. The number of nitrogens with one attached hydrogen (secondary N) is 1. The van der Waals surface area contributed by atoms with Crippen LogP contribution in [0.5, 0.6) is 0 Å². The Balaban J connectivity index is 2.22. The molecule has 0 radical (unpaired) electrons. The Morgan fingerprint density at radius 2 is 1.96 bits per heavy atom. The summed E-state index contributed by atoms with van der Waals surface area (Å²) in [6.07, 6.45) is 2.45. The number of carbonyl (C=O) groups is 1. The number of aromatic nitrogens is 1. The third-order valence-corrected chi connectivity index (χ3v) is 4.66. The molecule has 6 nitrogen and oxygen atoms in total. The molecule has 134 valence electrons. The number of sulfonamides is 1. The van der Waals surface area contributed by atoms with Crippen molar-refractivity contribution in [3.63, 3.8) is 0 Å². The number of amides is 1. The van der Waals surface area contributed by atoms with E-state index in [1.165, 1.54) is 6.92 Å². The van der Waals surface area contributed by atoms with Gasteiger partial charge < -0.3 is 5.32 Å². The summed E-state index contributed by atoms with van der Waals surface area (Å²) in [6.45, 7) is 1.47. The zero-order valence-electron chi connectivity index (χ0n) is 13.6. The molecule has 0 aliphatic carbocycles. The molecule has 0 spiro atoms. The van der Waals surface area contributed by atoms with E-state index in [0.29, 0.717) is 5.69 Å². The van der Waals surface area contributed by atoms with Crippen LogP contribution in [0.3, 0.4) is 0 Å². The lowest BCUT2D eigenvalue weighted by Gasteiger charge is -2.28. The molecular weight excluding hydrogens is 352 g/mol. The summed E-state index contributed by atoms with van der Waals surface area (Å²) in [7, 11) is -3.91. The van der Waals surface area contributed by atoms with Gasteiger partial charge in [-0.3, -0.25) is 14.1 Å². The van der Waals surface area contributed by atoms with E-state index < -0.39 is 33.6 Å². The number of anilines is 1. The molecule has 2 rings (SSSR count). The smallest absolute Gasteiger partial charge is 0.243 e. The van der Waals surface area contributed by atoms with Crippen LogP contribution in [0.4, 0.5) is 14.5 Å². The van der Waals surface area contributed by atoms with E-state index in [0.717, 1.165) is 28.8 Å². The van der Waals surface area contributed by atoms with Gasteiger partial charge >= 0.3 is 0 Å². The molecule has 1 atom stereocenters. The lowest BCUT2D eigenvalue weighted by Crippen LogP contribution is -2.47. The molecule has 0 unspecified atom stereocenters. The lowest BCUT2D eigenvalue weighted by atomic mass is 10.2. The summed E-state index contributed by atoms with van der Waals surface area (Å²) in [4.78, 5) is 16.4. The zero-order chi connectivity index (χ0) is 18.6. The Bertz CT molecular complexity index is 860. The van der Waals surface area contributed by atoms with Gasteiger partial charge in [0.05, 0.1) is 24.2 Å². The topological polar surface area (TPSA) is 79.4 Å². The molecule has 1 heterocycles. The number of hydrogen-bond donors (Lipinski definition) is 1. The zero-order valence-corrected chi connectivity index (χ0v) is 14.4. The highest BCUT2D eigenvalue weighted by Crippen LogP contribution is 2.23. The third-order valence-electron chi connectivity index (χ3n) is 3.42. The number of nitrogens with zero attached hydrogens (tertiary/aromatic N) is 2. The van der Waals surface area contributed by atoms with Crippen LogP contribution < -0.4 is 9.62 Å². The number of hydrogen-bond acceptors (Lipinski definition) is 4. The largest absolute Gasteiger partial charge is 0.349 e. The van der Waals surface area contributed by atoms with Crippen LogP contribution in [0.2, 0.25) is 0 Å². The van der Waals surface area contributed by atoms with Gasteiger partial charge in [-0.25, -0.2) is 17.2 Å². The van der Waals surface area contributed by atoms with Gasteiger partial charge in [0.2, 0.25) is 15.9 Å². The van der Waals surface area contributed by atoms with Crippen molar-refractivity contribution >= 4 is 21.6 Å². The van der Waals surface area contributed by atoms with Gasteiger partial charge in [0, 0.05) is 12.3 Å². The van der Waals surface area contributed by atoms with E-state index in [-0.39, 0.29) is 12.2 Å². The van der Waals surface area contributed by atoms with Gasteiger partial charge in [-0.05, 0) is 31.2 Å². The molecule has 1 amide bonds. The summed E-state index contributed by atoms with van der Waals surface area (Å²) in [5, 5.41) is 2.57. The Kier molecular flexibility index (Phi) is 5.68. The van der Waals surface area contributed by atoms with Crippen LogP contribution in [0.25, 0.3) is 0 Å². The first kappa shape index (κ1) is 18.8. The first-order chi connectivity index (χ1) is 11.7. The van der Waals surface area contributed by atoms with Crippen molar-refractivity contribution in [1.29, 1.82) is 0 Å². The Morgan fingerprint density at radius 3 is 2.52 bits per heavy atom. The summed E-state index contributed by atoms with van der Waals surface area (Å²) in [5.74, 6) is -2.91. The predicted octanol–water partition coefficient (Wildman–Crippen LogP) is 1.83. The second kappa shape index (κ2) is 7.56. The maximum atomic E-state index is 13.5. The Labute approximate surface area is 144 Å². The predicted molar refractivity (Wildman–Crippen MR) is 89.2 cm³/mol. The molecule has 1 aromatic carbocycles. The minimum absolute atomic E-state index is 0.111. The number of carbonyl (C=O) groups excluding carboxylic acids is 1. The molecule has 2 aromatic rings. The fourth-order valence-corrected chi connectivity index (χ4v) is 3.43. The van der Waals surface area contributed by atoms with Crippen LogP contribution in [0, 0.1) is 11.6 Å². The van der Waals surface area contributed by atoms with Gasteiger partial charge in [-0.1, -0.05) is 6.07 Å². The number of halogens is 2.